The predicted octanol–water partition coefficient (Wildman–Crippen LogP) is 3.19. The topological polar surface area (TPSA) is 12.5 Å². The first kappa shape index (κ1) is 9.80. The third-order valence-corrected chi connectivity index (χ3v) is 8.73. The summed E-state index contributed by atoms with van der Waals surface area (Å²) in [6, 6.07) is 0. The number of rotatable bonds is 0. The van der Waals surface area contributed by atoms with Gasteiger partial charge in [-0.25, -0.2) is 0 Å². The molecule has 0 aromatic carbocycles. The fraction of sp³-hybridized carbons (Fsp3) is 1.00. The Morgan fingerprint density at radius 2 is 1.28 bits per heavy atom. The summed E-state index contributed by atoms with van der Waals surface area (Å²) in [5, 5.41) is 0. The highest BCUT2D eigenvalue weighted by Crippen LogP contribution is 2.76. The summed E-state index contributed by atoms with van der Waals surface area (Å²) in [6.45, 7) is 5.12. The summed E-state index contributed by atoms with van der Waals surface area (Å²) >= 11 is 0. The average Bonchev–Trinajstić information content (AvgIpc) is 2.83. The summed E-state index contributed by atoms with van der Waals surface area (Å²) < 4.78 is 5.90. The number of hydrogen-bond acceptors (Lipinski definition) is 1. The number of epoxide rings is 1. The van der Waals surface area contributed by atoms with Crippen LogP contribution in [-0.2, 0) is 4.74 Å². The fourth-order valence-corrected chi connectivity index (χ4v) is 8.19. The van der Waals surface area contributed by atoms with Gasteiger partial charge in [0.15, 0.2) is 0 Å². The zero-order valence-electron chi connectivity index (χ0n) is 11.5. The lowest BCUT2D eigenvalue weighted by atomic mass is 9.60. The zero-order chi connectivity index (χ0) is 11.8. The maximum atomic E-state index is 5.90. The van der Waals surface area contributed by atoms with Gasteiger partial charge in [-0.05, 0) is 78.4 Å². The first-order valence-corrected chi connectivity index (χ1v) is 8.41. The maximum absolute atomic E-state index is 5.90. The summed E-state index contributed by atoms with van der Waals surface area (Å²) in [5.41, 5.74) is 0. The van der Waals surface area contributed by atoms with E-state index in [0.29, 0.717) is 0 Å². The lowest BCUT2D eigenvalue weighted by Gasteiger charge is -2.45. The molecule has 1 nitrogen and oxygen atoms in total. The Labute approximate surface area is 110 Å². The second-order valence-corrected chi connectivity index (χ2v) is 8.62. The van der Waals surface area contributed by atoms with Crippen molar-refractivity contribution in [2.45, 2.75) is 45.3 Å². The van der Waals surface area contributed by atoms with Crippen molar-refractivity contribution in [3.05, 3.63) is 0 Å². The lowest BCUT2D eigenvalue weighted by Crippen LogP contribution is -2.42. The highest BCUT2D eigenvalue weighted by molar-refractivity contribution is 5.21. The van der Waals surface area contributed by atoms with Crippen molar-refractivity contribution >= 4 is 0 Å². The van der Waals surface area contributed by atoms with Crippen LogP contribution in [0.4, 0.5) is 0 Å². The van der Waals surface area contributed by atoms with Gasteiger partial charge in [0.05, 0.1) is 12.2 Å². The predicted molar refractivity (Wildman–Crippen MR) is 68.8 cm³/mol. The standard InChI is InChI=1S/C17H24O/c1-6-7(2)9-3-8(6)14-10-4-12(15(9)14)16-11(10)5-13-17(16)18-13/h6-17H,3-5H2,1-2H3. The van der Waals surface area contributed by atoms with Crippen molar-refractivity contribution in [2.24, 2.45) is 59.2 Å². The molecule has 6 aliphatic rings. The van der Waals surface area contributed by atoms with Gasteiger partial charge in [0, 0.05) is 0 Å². The van der Waals surface area contributed by atoms with Gasteiger partial charge in [-0.2, -0.15) is 0 Å². The van der Waals surface area contributed by atoms with E-state index in [1.165, 1.54) is 6.42 Å². The summed E-state index contributed by atoms with van der Waals surface area (Å²) in [4.78, 5) is 0. The van der Waals surface area contributed by atoms with Crippen LogP contribution in [0.1, 0.15) is 33.1 Å². The van der Waals surface area contributed by atoms with Crippen molar-refractivity contribution in [1.82, 2.24) is 0 Å². The van der Waals surface area contributed by atoms with Crippen LogP contribution in [0.5, 0.6) is 0 Å². The van der Waals surface area contributed by atoms with Crippen molar-refractivity contribution in [2.75, 3.05) is 0 Å². The van der Waals surface area contributed by atoms with E-state index in [4.69, 9.17) is 4.74 Å². The number of hydrogen-bond donors (Lipinski definition) is 0. The van der Waals surface area contributed by atoms with Gasteiger partial charge in [-0.3, -0.25) is 0 Å². The molecular weight excluding hydrogens is 220 g/mol. The average molecular weight is 244 g/mol. The molecule has 0 amide bonds. The first-order chi connectivity index (χ1) is 8.75. The molecule has 0 spiro atoms. The molecule has 12 unspecified atom stereocenters. The molecule has 1 heteroatoms. The second kappa shape index (κ2) is 2.71. The molecule has 4 bridgehead atoms. The number of ether oxygens (including phenoxy) is 1. The van der Waals surface area contributed by atoms with Crippen LogP contribution in [0, 0.1) is 59.2 Å². The van der Waals surface area contributed by atoms with Gasteiger partial charge in [0.1, 0.15) is 0 Å². The highest BCUT2D eigenvalue weighted by atomic mass is 16.6. The van der Waals surface area contributed by atoms with Crippen LogP contribution in [0.3, 0.4) is 0 Å². The van der Waals surface area contributed by atoms with Crippen LogP contribution in [0.2, 0.25) is 0 Å². The summed E-state index contributed by atoms with van der Waals surface area (Å²) in [7, 11) is 0. The quantitative estimate of drug-likeness (QED) is 0.471. The normalized spacial score (nSPS) is 77.7. The molecule has 6 fully saturated rings. The molecule has 5 aliphatic carbocycles. The van der Waals surface area contributed by atoms with E-state index in [-0.39, 0.29) is 0 Å². The molecular formula is C17H24O. The van der Waals surface area contributed by atoms with Crippen LogP contribution in [0.25, 0.3) is 0 Å². The molecule has 12 atom stereocenters. The zero-order valence-corrected chi connectivity index (χ0v) is 11.5. The highest BCUT2D eigenvalue weighted by Gasteiger charge is 2.74. The van der Waals surface area contributed by atoms with Crippen LogP contribution in [-0.4, -0.2) is 12.2 Å². The Hall–Kier alpha value is -0.0400. The Morgan fingerprint density at radius 3 is 2.06 bits per heavy atom. The van der Waals surface area contributed by atoms with Gasteiger partial charge in [-0.1, -0.05) is 13.8 Å². The molecule has 18 heavy (non-hydrogen) atoms. The molecule has 5 saturated carbocycles. The van der Waals surface area contributed by atoms with Crippen molar-refractivity contribution in [3.63, 3.8) is 0 Å². The fourth-order valence-electron chi connectivity index (χ4n) is 8.19. The minimum atomic E-state index is 0.719. The Kier molecular flexibility index (Phi) is 1.47. The van der Waals surface area contributed by atoms with Gasteiger partial charge in [0.25, 0.3) is 0 Å². The lowest BCUT2D eigenvalue weighted by molar-refractivity contribution is 0.00198. The van der Waals surface area contributed by atoms with Crippen LogP contribution < -0.4 is 0 Å². The van der Waals surface area contributed by atoms with E-state index >= 15 is 0 Å². The Bertz CT molecular complexity index is 431. The molecule has 0 radical (unpaired) electrons. The minimum absolute atomic E-state index is 0.719. The van der Waals surface area contributed by atoms with E-state index in [1.807, 2.05) is 0 Å². The third kappa shape index (κ3) is 0.821. The van der Waals surface area contributed by atoms with E-state index in [2.05, 4.69) is 13.8 Å². The van der Waals surface area contributed by atoms with Crippen molar-refractivity contribution in [3.8, 4) is 0 Å². The van der Waals surface area contributed by atoms with Crippen LogP contribution in [0.15, 0.2) is 0 Å². The second-order valence-electron chi connectivity index (χ2n) is 8.62. The van der Waals surface area contributed by atoms with Crippen LogP contribution >= 0.6 is 0 Å². The molecule has 1 aliphatic heterocycles. The minimum Gasteiger partial charge on any atom is -0.369 e. The molecule has 1 heterocycles. The van der Waals surface area contributed by atoms with E-state index in [1.54, 1.807) is 12.8 Å². The molecule has 0 aromatic heterocycles. The number of fused-ring (bicyclic) bond motifs is 14. The first-order valence-electron chi connectivity index (χ1n) is 8.41. The van der Waals surface area contributed by atoms with Gasteiger partial charge >= 0.3 is 0 Å². The van der Waals surface area contributed by atoms with E-state index in [9.17, 15) is 0 Å². The summed E-state index contributed by atoms with van der Waals surface area (Å²) in [5.74, 6) is 10.9. The van der Waals surface area contributed by atoms with Crippen molar-refractivity contribution < 1.29 is 4.74 Å². The monoisotopic (exact) mass is 244 g/mol. The SMILES string of the molecule is CC1C(C)C2CC1C1C3CC(C4C3CC3OC34)C21. The Balaban J connectivity index is 1.44. The van der Waals surface area contributed by atoms with Gasteiger partial charge in [0.2, 0.25) is 0 Å². The molecule has 0 aromatic rings. The van der Waals surface area contributed by atoms with E-state index in [0.717, 1.165) is 71.4 Å². The largest absolute Gasteiger partial charge is 0.369 e. The maximum Gasteiger partial charge on any atom is 0.0875 e. The summed E-state index contributed by atoms with van der Waals surface area (Å²) in [6.07, 6.45) is 6.10. The molecule has 1 saturated heterocycles. The van der Waals surface area contributed by atoms with E-state index < -0.39 is 0 Å². The molecule has 0 N–H and O–H groups in total. The molecule has 6 rings (SSSR count). The Morgan fingerprint density at radius 1 is 0.667 bits per heavy atom. The smallest absolute Gasteiger partial charge is 0.0875 e. The van der Waals surface area contributed by atoms with Crippen molar-refractivity contribution in [1.29, 1.82) is 0 Å². The molecule has 98 valence electrons. The van der Waals surface area contributed by atoms with Gasteiger partial charge in [-0.15, -0.1) is 0 Å². The van der Waals surface area contributed by atoms with Gasteiger partial charge < -0.3 is 4.74 Å². The third-order valence-electron chi connectivity index (χ3n) is 8.73.